The Labute approximate surface area is 177 Å². The van der Waals surface area contributed by atoms with Crippen molar-refractivity contribution in [1.82, 2.24) is 15.1 Å². The van der Waals surface area contributed by atoms with E-state index in [1.807, 2.05) is 31.2 Å². The summed E-state index contributed by atoms with van der Waals surface area (Å²) in [6.07, 6.45) is 10.2. The number of nitrogens with two attached hydrogens (primary N) is 1. The molecular weight excluding hydrogens is 467 g/mol. The van der Waals surface area contributed by atoms with Crippen LogP contribution in [0.3, 0.4) is 0 Å². The molecule has 0 saturated heterocycles. The smallest absolute Gasteiger partial charge is 0.251 e. The van der Waals surface area contributed by atoms with E-state index in [4.69, 9.17) is 5.73 Å². The van der Waals surface area contributed by atoms with Crippen LogP contribution in [-0.4, -0.2) is 27.5 Å². The number of nitrogens with zero attached hydrogens (tertiary/aromatic N) is 2. The monoisotopic (exact) mass is 488 g/mol. The van der Waals surface area contributed by atoms with Crippen molar-refractivity contribution in [2.45, 2.75) is 32.2 Å². The molecule has 144 valence electrons. The Kier molecular flexibility index (Phi) is 5.09. The summed E-state index contributed by atoms with van der Waals surface area (Å²) in [7, 11) is 0. The van der Waals surface area contributed by atoms with E-state index in [0.717, 1.165) is 22.0 Å². The average molecular weight is 488 g/mol. The molecule has 4 rings (SSSR count). The zero-order valence-corrected chi connectivity index (χ0v) is 17.6. The summed E-state index contributed by atoms with van der Waals surface area (Å²) >= 11 is 2.21. The summed E-state index contributed by atoms with van der Waals surface area (Å²) < 4.78 is 2.59. The predicted molar refractivity (Wildman–Crippen MR) is 117 cm³/mol. The van der Waals surface area contributed by atoms with E-state index in [1.54, 1.807) is 16.8 Å². The number of Topliss-reactive ketones (excluding diaryl/α,β-unsaturated/α-hetero) is 1. The van der Waals surface area contributed by atoms with Gasteiger partial charge in [0.2, 0.25) is 0 Å². The minimum absolute atomic E-state index is 0.0393. The van der Waals surface area contributed by atoms with Gasteiger partial charge >= 0.3 is 0 Å². The molecule has 0 bridgehead atoms. The third kappa shape index (κ3) is 3.76. The van der Waals surface area contributed by atoms with Crippen molar-refractivity contribution >= 4 is 40.1 Å². The number of carbonyl (C=O) groups excluding carboxylic acids is 2. The minimum Gasteiger partial charge on any atom is -0.383 e. The fourth-order valence-corrected chi connectivity index (χ4v) is 3.93. The summed E-state index contributed by atoms with van der Waals surface area (Å²) in [5, 5.41) is 7.34. The molecule has 0 aliphatic heterocycles. The fourth-order valence-electron chi connectivity index (χ4n) is 3.24. The number of nitrogen functional groups attached to an aromatic ring is 1. The third-order valence-electron chi connectivity index (χ3n) is 5.05. The fraction of sp³-hybridized carbons (Fsp3) is 0.286. The SMILES string of the molecule is Cc1ccc(C(=O)NC2CC2)cc1-n1ncc(C(=O)C2C=C(I)C=CC2)c1N. The van der Waals surface area contributed by atoms with Crippen LogP contribution in [0.5, 0.6) is 0 Å². The second kappa shape index (κ2) is 7.54. The number of anilines is 1. The number of benzene rings is 1. The van der Waals surface area contributed by atoms with Crippen LogP contribution < -0.4 is 11.1 Å². The number of hydrogen-bond donors (Lipinski definition) is 2. The summed E-state index contributed by atoms with van der Waals surface area (Å²) in [5.41, 5.74) is 8.90. The first-order chi connectivity index (χ1) is 13.4. The number of allylic oxidation sites excluding steroid dienone is 4. The van der Waals surface area contributed by atoms with Gasteiger partial charge in [-0.2, -0.15) is 5.10 Å². The molecule has 1 heterocycles. The number of nitrogens with one attached hydrogen (secondary N) is 1. The maximum atomic E-state index is 12.9. The van der Waals surface area contributed by atoms with Gasteiger partial charge in [0.25, 0.3) is 5.91 Å². The minimum atomic E-state index is -0.228. The Morgan fingerprint density at radius 2 is 2.11 bits per heavy atom. The van der Waals surface area contributed by atoms with Crippen molar-refractivity contribution in [2.24, 2.45) is 5.92 Å². The molecule has 2 aromatic rings. The maximum Gasteiger partial charge on any atom is 0.251 e. The van der Waals surface area contributed by atoms with Crippen LogP contribution in [0, 0.1) is 12.8 Å². The number of ketones is 1. The molecule has 1 unspecified atom stereocenters. The lowest BCUT2D eigenvalue weighted by molar-refractivity contribution is 0.0940. The van der Waals surface area contributed by atoms with E-state index in [9.17, 15) is 9.59 Å². The Balaban J connectivity index is 1.64. The molecule has 6 nitrogen and oxygen atoms in total. The van der Waals surface area contributed by atoms with Gasteiger partial charge in [0, 0.05) is 21.1 Å². The molecule has 0 radical (unpaired) electrons. The van der Waals surface area contributed by atoms with E-state index >= 15 is 0 Å². The molecule has 2 aliphatic rings. The molecule has 1 saturated carbocycles. The number of halogens is 1. The molecule has 1 amide bonds. The van der Waals surface area contributed by atoms with Gasteiger partial charge in [0.05, 0.1) is 17.4 Å². The molecule has 1 fully saturated rings. The van der Waals surface area contributed by atoms with Gasteiger partial charge in [-0.05, 0) is 66.5 Å². The lowest BCUT2D eigenvalue weighted by Gasteiger charge is -2.14. The topological polar surface area (TPSA) is 90.0 Å². The Hall–Kier alpha value is -2.42. The summed E-state index contributed by atoms with van der Waals surface area (Å²) in [5.74, 6) is -0.0681. The summed E-state index contributed by atoms with van der Waals surface area (Å²) in [6.45, 7) is 1.93. The molecule has 1 aromatic heterocycles. The van der Waals surface area contributed by atoms with Crippen molar-refractivity contribution in [3.63, 3.8) is 0 Å². The van der Waals surface area contributed by atoms with E-state index < -0.39 is 0 Å². The maximum absolute atomic E-state index is 12.9. The number of carbonyl (C=O) groups is 2. The van der Waals surface area contributed by atoms with E-state index in [2.05, 4.69) is 33.0 Å². The van der Waals surface area contributed by atoms with Crippen molar-refractivity contribution in [3.05, 3.63) is 62.9 Å². The molecular formula is C21H21IN4O2. The van der Waals surface area contributed by atoms with Gasteiger partial charge in [-0.25, -0.2) is 4.68 Å². The molecule has 2 aliphatic carbocycles. The third-order valence-corrected chi connectivity index (χ3v) is 5.77. The van der Waals surface area contributed by atoms with E-state index in [0.29, 0.717) is 29.1 Å². The largest absolute Gasteiger partial charge is 0.383 e. The van der Waals surface area contributed by atoms with Crippen LogP contribution in [0.1, 0.15) is 45.5 Å². The molecule has 1 aromatic carbocycles. The zero-order chi connectivity index (χ0) is 19.8. The van der Waals surface area contributed by atoms with Crippen molar-refractivity contribution < 1.29 is 9.59 Å². The van der Waals surface area contributed by atoms with Gasteiger partial charge in [-0.15, -0.1) is 0 Å². The standard InChI is InChI=1S/C21H21IN4O2/c1-12-5-6-14(21(28)25-16-7-8-16)10-18(12)26-20(23)17(11-24-26)19(27)13-3-2-4-15(22)9-13/h2,4-6,9-11,13,16H,3,7-8,23H2,1H3,(H,25,28). The lowest BCUT2D eigenvalue weighted by Crippen LogP contribution is -2.25. The van der Waals surface area contributed by atoms with Crippen LogP contribution in [0.25, 0.3) is 5.69 Å². The molecule has 0 spiro atoms. The number of aryl methyl sites for hydroxylation is 1. The quantitative estimate of drug-likeness (QED) is 0.496. The lowest BCUT2D eigenvalue weighted by atomic mass is 9.93. The first-order valence-electron chi connectivity index (χ1n) is 9.27. The number of amides is 1. The second-order valence-corrected chi connectivity index (χ2v) is 8.51. The second-order valence-electron chi connectivity index (χ2n) is 7.26. The van der Waals surface area contributed by atoms with Gasteiger partial charge in [0.1, 0.15) is 5.82 Å². The highest BCUT2D eigenvalue weighted by molar-refractivity contribution is 14.1. The first kappa shape index (κ1) is 18.9. The highest BCUT2D eigenvalue weighted by Crippen LogP contribution is 2.28. The van der Waals surface area contributed by atoms with Crippen LogP contribution in [0.15, 0.2) is 46.2 Å². The number of aromatic nitrogens is 2. The van der Waals surface area contributed by atoms with Gasteiger partial charge in [-0.3, -0.25) is 9.59 Å². The van der Waals surface area contributed by atoms with Gasteiger partial charge in [0.15, 0.2) is 5.78 Å². The average Bonchev–Trinajstić information content (AvgIpc) is 3.41. The zero-order valence-electron chi connectivity index (χ0n) is 15.5. The van der Waals surface area contributed by atoms with Crippen LogP contribution in [0.4, 0.5) is 5.82 Å². The number of rotatable bonds is 5. The van der Waals surface area contributed by atoms with E-state index in [-0.39, 0.29) is 23.7 Å². The van der Waals surface area contributed by atoms with Crippen molar-refractivity contribution in [3.8, 4) is 5.69 Å². The van der Waals surface area contributed by atoms with Crippen LogP contribution >= 0.6 is 22.6 Å². The molecule has 7 heteroatoms. The number of hydrogen-bond acceptors (Lipinski definition) is 4. The highest BCUT2D eigenvalue weighted by Gasteiger charge is 2.26. The van der Waals surface area contributed by atoms with Crippen LogP contribution in [-0.2, 0) is 0 Å². The van der Waals surface area contributed by atoms with E-state index in [1.165, 1.54) is 6.20 Å². The molecule has 28 heavy (non-hydrogen) atoms. The normalized spacial score (nSPS) is 18.6. The summed E-state index contributed by atoms with van der Waals surface area (Å²) in [6, 6.07) is 5.73. The Morgan fingerprint density at radius 1 is 1.32 bits per heavy atom. The first-order valence-corrected chi connectivity index (χ1v) is 10.4. The van der Waals surface area contributed by atoms with Gasteiger partial charge < -0.3 is 11.1 Å². The van der Waals surface area contributed by atoms with Gasteiger partial charge in [-0.1, -0.05) is 24.3 Å². The molecule has 3 N–H and O–H groups in total. The van der Waals surface area contributed by atoms with Crippen molar-refractivity contribution in [2.75, 3.05) is 5.73 Å². The summed E-state index contributed by atoms with van der Waals surface area (Å²) in [4.78, 5) is 25.3. The molecule has 1 atom stereocenters. The van der Waals surface area contributed by atoms with Crippen LogP contribution in [0.2, 0.25) is 0 Å². The Bertz CT molecular complexity index is 1020. The van der Waals surface area contributed by atoms with Crippen molar-refractivity contribution in [1.29, 1.82) is 0 Å². The predicted octanol–water partition coefficient (Wildman–Crippen LogP) is 3.73. The highest BCUT2D eigenvalue weighted by atomic mass is 127. The Morgan fingerprint density at radius 3 is 2.82 bits per heavy atom.